The van der Waals surface area contributed by atoms with Crippen LogP contribution in [0.1, 0.15) is 33.1 Å². The number of likely N-dealkylation sites (tertiary alicyclic amines) is 1. The number of amides is 1. The number of nitrogens with zero attached hydrogens (tertiary/aromatic N) is 1. The highest BCUT2D eigenvalue weighted by molar-refractivity contribution is 5.87. The molecule has 1 aliphatic heterocycles. The fourth-order valence-electron chi connectivity index (χ4n) is 2.29. The van der Waals surface area contributed by atoms with Crippen molar-refractivity contribution in [2.45, 2.75) is 39.2 Å². The number of hydrogen-bond acceptors (Lipinski definition) is 2. The third kappa shape index (κ3) is 1.36. The maximum atomic E-state index is 11.3. The molecule has 2 aliphatic rings. The number of hydrogen-bond donors (Lipinski definition) is 0. The largest absolute Gasteiger partial charge is 0.332 e. The van der Waals surface area contributed by atoms with Crippen LogP contribution in [0.5, 0.6) is 0 Å². The van der Waals surface area contributed by atoms with Gasteiger partial charge in [0.2, 0.25) is 5.91 Å². The molecule has 2 rings (SSSR count). The lowest BCUT2D eigenvalue weighted by Gasteiger charge is -2.20. The van der Waals surface area contributed by atoms with Crippen LogP contribution in [0, 0.1) is 5.41 Å². The van der Waals surface area contributed by atoms with Gasteiger partial charge in [-0.25, -0.2) is 0 Å². The molecule has 1 heterocycles. The monoisotopic (exact) mass is 181 g/mol. The summed E-state index contributed by atoms with van der Waals surface area (Å²) in [6, 6.07) is -0.125. The van der Waals surface area contributed by atoms with Gasteiger partial charge in [0.25, 0.3) is 0 Å². The number of carbonyl (C=O) groups excluding carboxylic acids is 2. The van der Waals surface area contributed by atoms with E-state index in [4.69, 9.17) is 0 Å². The Morgan fingerprint density at radius 2 is 1.92 bits per heavy atom. The maximum absolute atomic E-state index is 11.3. The molecule has 1 unspecified atom stereocenters. The number of Topliss-reactive ketones (excluding diaryl/α,β-unsaturated/α-hetero) is 1. The predicted molar refractivity (Wildman–Crippen MR) is 48.1 cm³/mol. The lowest BCUT2D eigenvalue weighted by atomic mass is 10.0. The van der Waals surface area contributed by atoms with Gasteiger partial charge >= 0.3 is 0 Å². The van der Waals surface area contributed by atoms with Crippen LogP contribution in [-0.4, -0.2) is 29.2 Å². The second-order valence-corrected chi connectivity index (χ2v) is 4.48. The van der Waals surface area contributed by atoms with E-state index in [0.717, 1.165) is 13.0 Å². The maximum Gasteiger partial charge on any atom is 0.220 e. The van der Waals surface area contributed by atoms with Crippen LogP contribution < -0.4 is 0 Å². The van der Waals surface area contributed by atoms with Crippen molar-refractivity contribution in [2.24, 2.45) is 5.41 Å². The molecule has 3 nitrogen and oxygen atoms in total. The van der Waals surface area contributed by atoms with Gasteiger partial charge < -0.3 is 4.90 Å². The third-order valence-corrected chi connectivity index (χ3v) is 3.34. The standard InChI is InChI=1S/C10H15NO2/c1-7(12)9-5-10(3-4-10)6-11(9)8(2)13/h9H,3-6H2,1-2H3. The van der Waals surface area contributed by atoms with E-state index in [9.17, 15) is 9.59 Å². The molecular weight excluding hydrogens is 166 g/mol. The molecule has 1 aliphatic carbocycles. The zero-order chi connectivity index (χ0) is 9.64. The molecule has 0 bridgehead atoms. The molecule has 1 atom stereocenters. The SMILES string of the molecule is CC(=O)C1CC2(CC2)CN1C(C)=O. The Hall–Kier alpha value is -0.860. The van der Waals surface area contributed by atoms with Gasteiger partial charge in [-0.15, -0.1) is 0 Å². The molecule has 1 spiro atoms. The van der Waals surface area contributed by atoms with E-state index in [2.05, 4.69) is 0 Å². The summed E-state index contributed by atoms with van der Waals surface area (Å²) in [7, 11) is 0. The van der Waals surface area contributed by atoms with E-state index in [0.29, 0.717) is 5.41 Å². The topological polar surface area (TPSA) is 37.4 Å². The third-order valence-electron chi connectivity index (χ3n) is 3.34. The van der Waals surface area contributed by atoms with Crippen molar-refractivity contribution < 1.29 is 9.59 Å². The van der Waals surface area contributed by atoms with E-state index >= 15 is 0 Å². The van der Waals surface area contributed by atoms with Crippen LogP contribution in [-0.2, 0) is 9.59 Å². The van der Waals surface area contributed by atoms with Crippen LogP contribution in [0.15, 0.2) is 0 Å². The first-order valence-electron chi connectivity index (χ1n) is 4.82. The molecule has 13 heavy (non-hydrogen) atoms. The van der Waals surface area contributed by atoms with Crippen LogP contribution in [0.2, 0.25) is 0 Å². The van der Waals surface area contributed by atoms with Crippen LogP contribution >= 0.6 is 0 Å². The van der Waals surface area contributed by atoms with Crippen LogP contribution in [0.25, 0.3) is 0 Å². The molecular formula is C10H15NO2. The van der Waals surface area contributed by atoms with E-state index in [1.54, 1.807) is 18.7 Å². The van der Waals surface area contributed by atoms with E-state index in [1.807, 2.05) is 0 Å². The quantitative estimate of drug-likeness (QED) is 0.604. The van der Waals surface area contributed by atoms with Gasteiger partial charge in [-0.1, -0.05) is 0 Å². The minimum absolute atomic E-state index is 0.0453. The van der Waals surface area contributed by atoms with E-state index in [-0.39, 0.29) is 17.7 Å². The molecule has 2 fully saturated rings. The minimum atomic E-state index is -0.125. The van der Waals surface area contributed by atoms with Crippen LogP contribution in [0.4, 0.5) is 0 Å². The summed E-state index contributed by atoms with van der Waals surface area (Å²) in [6.07, 6.45) is 3.29. The Balaban J connectivity index is 2.16. The first-order chi connectivity index (χ1) is 6.04. The van der Waals surface area contributed by atoms with Crippen molar-refractivity contribution >= 4 is 11.7 Å². The zero-order valence-corrected chi connectivity index (χ0v) is 8.17. The van der Waals surface area contributed by atoms with Gasteiger partial charge in [-0.05, 0) is 31.6 Å². The summed E-state index contributed by atoms with van der Waals surface area (Å²) in [6.45, 7) is 3.95. The summed E-state index contributed by atoms with van der Waals surface area (Å²) >= 11 is 0. The zero-order valence-electron chi connectivity index (χ0n) is 8.17. The summed E-state index contributed by atoms with van der Waals surface area (Å²) in [5.74, 6) is 0.183. The summed E-state index contributed by atoms with van der Waals surface area (Å²) < 4.78 is 0. The lowest BCUT2D eigenvalue weighted by Crippen LogP contribution is -2.38. The highest BCUT2D eigenvalue weighted by atomic mass is 16.2. The fourth-order valence-corrected chi connectivity index (χ4v) is 2.29. The van der Waals surface area contributed by atoms with Crippen molar-refractivity contribution in [3.05, 3.63) is 0 Å². The Labute approximate surface area is 78.1 Å². The van der Waals surface area contributed by atoms with Crippen molar-refractivity contribution in [3.63, 3.8) is 0 Å². The second-order valence-electron chi connectivity index (χ2n) is 4.48. The number of rotatable bonds is 1. The first-order valence-corrected chi connectivity index (χ1v) is 4.82. The molecule has 1 saturated carbocycles. The molecule has 0 aromatic heterocycles. The van der Waals surface area contributed by atoms with Crippen molar-refractivity contribution in [1.29, 1.82) is 0 Å². The number of carbonyl (C=O) groups is 2. The van der Waals surface area contributed by atoms with Crippen molar-refractivity contribution in [3.8, 4) is 0 Å². The van der Waals surface area contributed by atoms with Gasteiger partial charge in [-0.3, -0.25) is 9.59 Å². The molecule has 3 heteroatoms. The molecule has 0 aromatic rings. The first kappa shape index (κ1) is 8.73. The van der Waals surface area contributed by atoms with Gasteiger partial charge in [-0.2, -0.15) is 0 Å². The normalized spacial score (nSPS) is 29.4. The lowest BCUT2D eigenvalue weighted by molar-refractivity contribution is -0.135. The Morgan fingerprint density at radius 1 is 1.31 bits per heavy atom. The van der Waals surface area contributed by atoms with Gasteiger partial charge in [0.1, 0.15) is 0 Å². The van der Waals surface area contributed by atoms with E-state index < -0.39 is 0 Å². The Bertz CT molecular complexity index is 244. The smallest absolute Gasteiger partial charge is 0.220 e. The summed E-state index contributed by atoms with van der Waals surface area (Å²) in [5.41, 5.74) is 0.335. The number of ketones is 1. The highest BCUT2D eigenvalue weighted by Gasteiger charge is 2.53. The average Bonchev–Trinajstić information content (AvgIpc) is 2.60. The summed E-state index contributed by atoms with van der Waals surface area (Å²) in [5, 5.41) is 0. The van der Waals surface area contributed by atoms with Crippen molar-refractivity contribution in [1.82, 2.24) is 4.90 Å². The average molecular weight is 181 g/mol. The van der Waals surface area contributed by atoms with Crippen molar-refractivity contribution in [2.75, 3.05) is 6.54 Å². The fraction of sp³-hybridized carbons (Fsp3) is 0.800. The predicted octanol–water partition coefficient (Wildman–Crippen LogP) is 0.976. The molecule has 0 aromatic carbocycles. The minimum Gasteiger partial charge on any atom is -0.332 e. The Kier molecular flexibility index (Phi) is 1.72. The molecule has 72 valence electrons. The molecule has 1 saturated heterocycles. The van der Waals surface area contributed by atoms with Gasteiger partial charge in [0.15, 0.2) is 5.78 Å². The van der Waals surface area contributed by atoms with E-state index in [1.165, 1.54) is 12.8 Å². The Morgan fingerprint density at radius 3 is 2.23 bits per heavy atom. The molecule has 0 radical (unpaired) electrons. The van der Waals surface area contributed by atoms with Gasteiger partial charge in [0.05, 0.1) is 6.04 Å². The van der Waals surface area contributed by atoms with Crippen LogP contribution in [0.3, 0.4) is 0 Å². The second kappa shape index (κ2) is 2.56. The summed E-state index contributed by atoms with van der Waals surface area (Å²) in [4.78, 5) is 24.3. The van der Waals surface area contributed by atoms with Gasteiger partial charge in [0, 0.05) is 13.5 Å². The molecule has 1 amide bonds. The molecule has 0 N–H and O–H groups in total. The highest BCUT2D eigenvalue weighted by Crippen LogP contribution is 2.54.